The molecule has 4 atom stereocenters. The highest BCUT2D eigenvalue weighted by Gasteiger charge is 2.60. The van der Waals surface area contributed by atoms with Crippen molar-refractivity contribution in [2.45, 2.75) is 13.0 Å². The predicted octanol–water partition coefficient (Wildman–Crippen LogP) is 0.0426. The molecule has 0 spiro atoms. The van der Waals surface area contributed by atoms with Crippen molar-refractivity contribution in [1.29, 1.82) is 0 Å². The summed E-state index contributed by atoms with van der Waals surface area (Å²) in [6, 6.07) is 5.39. The van der Waals surface area contributed by atoms with Crippen LogP contribution in [0, 0.1) is 23.7 Å². The highest BCUT2D eigenvalue weighted by Crippen LogP contribution is 2.52. The van der Waals surface area contributed by atoms with Crippen LogP contribution in [0.15, 0.2) is 42.7 Å². The molecule has 2 heterocycles. The molecular formula is C16H17N2O5S+. The van der Waals surface area contributed by atoms with Gasteiger partial charge in [-0.1, -0.05) is 18.2 Å². The molecule has 4 unspecified atom stereocenters. The van der Waals surface area contributed by atoms with Crippen LogP contribution in [0.3, 0.4) is 0 Å². The first-order valence-electron chi connectivity index (χ1n) is 7.89. The van der Waals surface area contributed by atoms with Gasteiger partial charge in [-0.15, -0.1) is 9.35 Å². The van der Waals surface area contributed by atoms with Gasteiger partial charge in [0.1, 0.15) is 5.75 Å². The van der Waals surface area contributed by atoms with Crippen LogP contribution in [0.5, 0.6) is 0 Å². The first-order chi connectivity index (χ1) is 11.5. The van der Waals surface area contributed by atoms with E-state index in [-0.39, 0.29) is 24.1 Å². The highest BCUT2D eigenvalue weighted by molar-refractivity contribution is 7.86. The Kier molecular flexibility index (Phi) is 3.54. The number of allylic oxidation sites excluding steroid dienone is 2. The van der Waals surface area contributed by atoms with Crippen molar-refractivity contribution in [2.24, 2.45) is 23.7 Å². The summed E-state index contributed by atoms with van der Waals surface area (Å²) in [7, 11) is -4.03. The van der Waals surface area contributed by atoms with E-state index in [0.717, 1.165) is 6.42 Å². The van der Waals surface area contributed by atoms with Crippen molar-refractivity contribution in [3.05, 3.63) is 42.7 Å². The van der Waals surface area contributed by atoms with Crippen LogP contribution in [-0.2, 0) is 30.5 Å². The molecule has 2 bridgehead atoms. The third-order valence-electron chi connectivity index (χ3n) is 4.99. The quantitative estimate of drug-likeness (QED) is 0.426. The van der Waals surface area contributed by atoms with Gasteiger partial charge in [0.2, 0.25) is 0 Å². The zero-order chi connectivity index (χ0) is 16.9. The maximum atomic E-state index is 12.4. The smallest absolute Gasteiger partial charge is 0.272 e. The molecule has 2 fully saturated rings. The van der Waals surface area contributed by atoms with Gasteiger partial charge >= 0.3 is 0 Å². The van der Waals surface area contributed by atoms with Gasteiger partial charge in [0.25, 0.3) is 21.9 Å². The summed E-state index contributed by atoms with van der Waals surface area (Å²) in [6.45, 7) is 0.180. The fourth-order valence-electron chi connectivity index (χ4n) is 3.90. The second kappa shape index (κ2) is 5.49. The number of rotatable bonds is 5. The van der Waals surface area contributed by atoms with E-state index in [9.17, 15) is 18.0 Å². The van der Waals surface area contributed by atoms with Gasteiger partial charge < -0.3 is 0 Å². The summed E-state index contributed by atoms with van der Waals surface area (Å²) >= 11 is 0. The number of pyridine rings is 1. The van der Waals surface area contributed by atoms with E-state index in [0.29, 0.717) is 5.06 Å². The summed E-state index contributed by atoms with van der Waals surface area (Å²) in [6.07, 6.45) is 8.14. The summed E-state index contributed by atoms with van der Waals surface area (Å²) in [5, 5.41) is 0.479. The molecule has 24 heavy (non-hydrogen) atoms. The lowest BCUT2D eigenvalue weighted by Crippen LogP contribution is -2.40. The number of amides is 2. The van der Waals surface area contributed by atoms with Gasteiger partial charge in [0, 0.05) is 12.1 Å². The van der Waals surface area contributed by atoms with Crippen LogP contribution in [-0.4, -0.2) is 31.0 Å². The lowest BCUT2D eigenvalue weighted by Gasteiger charge is -2.15. The number of fused-ring (bicyclic) bond motifs is 5. The number of hydroxylamine groups is 2. The molecule has 0 aromatic carbocycles. The largest absolute Gasteiger partial charge is 0.294 e. The van der Waals surface area contributed by atoms with Crippen molar-refractivity contribution in [1.82, 2.24) is 5.06 Å². The molecule has 2 amide bonds. The Morgan fingerprint density at radius 2 is 1.62 bits per heavy atom. The first-order valence-corrected chi connectivity index (χ1v) is 9.46. The van der Waals surface area contributed by atoms with Crippen LogP contribution in [0.25, 0.3) is 0 Å². The third kappa shape index (κ3) is 2.46. The zero-order valence-electron chi connectivity index (χ0n) is 12.8. The highest BCUT2D eigenvalue weighted by atomic mass is 32.2. The second-order valence-corrected chi connectivity index (χ2v) is 8.09. The van der Waals surface area contributed by atoms with Gasteiger partial charge in [0.15, 0.2) is 18.9 Å². The zero-order valence-corrected chi connectivity index (χ0v) is 13.6. The third-order valence-corrected chi connectivity index (χ3v) is 6.05. The van der Waals surface area contributed by atoms with Crippen LogP contribution in [0.2, 0.25) is 0 Å². The molecule has 3 aliphatic rings. The fourth-order valence-corrected chi connectivity index (χ4v) is 4.78. The molecule has 1 saturated carbocycles. The van der Waals surface area contributed by atoms with Crippen molar-refractivity contribution in [2.75, 3.05) is 5.75 Å². The van der Waals surface area contributed by atoms with Gasteiger partial charge in [-0.2, -0.15) is 8.42 Å². The molecule has 126 valence electrons. The maximum Gasteiger partial charge on any atom is 0.294 e. The van der Waals surface area contributed by atoms with Crippen molar-refractivity contribution in [3.63, 3.8) is 0 Å². The number of hydrogen-bond acceptors (Lipinski definition) is 5. The lowest BCUT2D eigenvalue weighted by molar-refractivity contribution is -0.692. The molecule has 0 radical (unpaired) electrons. The average molecular weight is 349 g/mol. The fraction of sp³-hybridized carbons (Fsp3) is 0.438. The summed E-state index contributed by atoms with van der Waals surface area (Å²) in [5.74, 6) is -2.27. The Morgan fingerprint density at radius 3 is 2.21 bits per heavy atom. The number of aromatic nitrogens is 1. The van der Waals surface area contributed by atoms with Gasteiger partial charge in [0.05, 0.1) is 11.8 Å². The molecular weight excluding hydrogens is 332 g/mol. The number of imide groups is 1. The topological polar surface area (TPSA) is 84.6 Å². The van der Waals surface area contributed by atoms with E-state index in [1.807, 2.05) is 18.2 Å². The molecule has 1 aromatic heterocycles. The predicted molar refractivity (Wildman–Crippen MR) is 81.1 cm³/mol. The maximum absolute atomic E-state index is 12.4. The normalized spacial score (nSPS) is 31.1. The SMILES string of the molecule is O=C1C2C3C=CC(C3)C2C(=O)N1OS(=O)(=O)CC[n+]1ccccc1. The minimum atomic E-state index is -4.03. The minimum Gasteiger partial charge on any atom is -0.272 e. The van der Waals surface area contributed by atoms with Crippen molar-refractivity contribution >= 4 is 21.9 Å². The number of carbonyl (C=O) groups excluding carboxylic acids is 2. The number of aryl methyl sites for hydroxylation is 1. The molecule has 1 aromatic rings. The molecule has 8 heteroatoms. The number of carbonyl (C=O) groups is 2. The van der Waals surface area contributed by atoms with Gasteiger partial charge in [-0.3, -0.25) is 9.59 Å². The first kappa shape index (κ1) is 15.5. The Bertz CT molecular complexity index is 790. The van der Waals surface area contributed by atoms with Crippen molar-refractivity contribution in [3.8, 4) is 0 Å². The van der Waals surface area contributed by atoms with E-state index in [2.05, 4.69) is 0 Å². The lowest BCUT2D eigenvalue weighted by atomic mass is 9.85. The van der Waals surface area contributed by atoms with Crippen LogP contribution >= 0.6 is 0 Å². The van der Waals surface area contributed by atoms with Gasteiger partial charge in [-0.05, 0) is 18.3 Å². The minimum absolute atomic E-state index is 0.0210. The second-order valence-electron chi connectivity index (χ2n) is 6.42. The van der Waals surface area contributed by atoms with Crippen LogP contribution in [0.1, 0.15) is 6.42 Å². The van der Waals surface area contributed by atoms with E-state index in [1.165, 1.54) is 0 Å². The molecule has 2 aliphatic carbocycles. The molecule has 0 N–H and O–H groups in total. The summed E-state index contributed by atoms with van der Waals surface area (Å²) < 4.78 is 30.9. The van der Waals surface area contributed by atoms with Crippen LogP contribution in [0.4, 0.5) is 0 Å². The Hall–Kier alpha value is -2.06. The molecule has 7 nitrogen and oxygen atoms in total. The molecule has 1 saturated heterocycles. The van der Waals surface area contributed by atoms with E-state index in [1.54, 1.807) is 29.1 Å². The number of hydrogen-bond donors (Lipinski definition) is 0. The van der Waals surface area contributed by atoms with Gasteiger partial charge in [-0.25, -0.2) is 4.57 Å². The molecule has 4 rings (SSSR count). The van der Waals surface area contributed by atoms with E-state index < -0.39 is 33.8 Å². The van der Waals surface area contributed by atoms with Crippen LogP contribution < -0.4 is 4.57 Å². The monoisotopic (exact) mass is 349 g/mol. The average Bonchev–Trinajstić information content (AvgIpc) is 3.24. The van der Waals surface area contributed by atoms with Crippen molar-refractivity contribution < 1.29 is 26.9 Å². The Morgan fingerprint density at radius 1 is 1.04 bits per heavy atom. The number of nitrogens with zero attached hydrogens (tertiary/aromatic N) is 2. The summed E-state index contributed by atoms with van der Waals surface area (Å²) in [5.41, 5.74) is 0. The summed E-state index contributed by atoms with van der Waals surface area (Å²) in [4.78, 5) is 24.8. The van der Waals surface area contributed by atoms with E-state index in [4.69, 9.17) is 4.28 Å². The van der Waals surface area contributed by atoms with E-state index >= 15 is 0 Å². The standard InChI is InChI=1S/C16H17N2O5S/c19-15-13-11-4-5-12(10-11)14(13)16(20)18(15)23-24(21,22)9-8-17-6-2-1-3-7-17/h1-7,11-14H,8-10H2/q+1. The molecule has 1 aliphatic heterocycles. The Balaban J connectivity index is 1.45. The Labute approximate surface area is 139 Å².